The number of benzene rings is 1. The molecule has 0 radical (unpaired) electrons. The van der Waals surface area contributed by atoms with Crippen LogP contribution in [0, 0.1) is 0 Å². The molecule has 0 aliphatic carbocycles. The number of fused-ring (bicyclic) bond motifs is 1. The van der Waals surface area contributed by atoms with E-state index in [0.29, 0.717) is 24.6 Å². The Morgan fingerprint density at radius 2 is 2.16 bits per heavy atom. The molecule has 3 rings (SSSR count). The second-order valence-corrected chi connectivity index (χ2v) is 4.49. The van der Waals surface area contributed by atoms with Crippen molar-refractivity contribution in [3.05, 3.63) is 47.5 Å². The fraction of sp³-hybridized carbons (Fsp3) is 0.286. The zero-order valence-electron chi connectivity index (χ0n) is 10.5. The number of rotatable bonds is 3. The van der Waals surface area contributed by atoms with Crippen LogP contribution < -0.4 is 5.43 Å². The van der Waals surface area contributed by atoms with Crippen LogP contribution in [-0.2, 0) is 16.1 Å². The smallest absolute Gasteiger partial charge is 0.245 e. The molecule has 19 heavy (non-hydrogen) atoms. The number of hydrazine groups is 1. The van der Waals surface area contributed by atoms with Gasteiger partial charge in [-0.15, -0.1) is 0 Å². The molecule has 0 unspecified atom stereocenters. The van der Waals surface area contributed by atoms with Crippen molar-refractivity contribution in [2.24, 2.45) is 4.99 Å². The summed E-state index contributed by atoms with van der Waals surface area (Å²) >= 11 is 0. The zero-order valence-corrected chi connectivity index (χ0v) is 10.5. The van der Waals surface area contributed by atoms with E-state index in [9.17, 15) is 4.79 Å². The van der Waals surface area contributed by atoms with Crippen LogP contribution in [0.15, 0.2) is 46.9 Å². The predicted molar refractivity (Wildman–Crippen MR) is 70.8 cm³/mol. The van der Waals surface area contributed by atoms with Crippen LogP contribution in [0.4, 0.5) is 0 Å². The van der Waals surface area contributed by atoms with Gasteiger partial charge in [-0.05, 0) is 12.0 Å². The Labute approximate surface area is 111 Å². The van der Waals surface area contributed by atoms with Gasteiger partial charge in [-0.3, -0.25) is 15.2 Å². The van der Waals surface area contributed by atoms with Gasteiger partial charge in [0.15, 0.2) is 11.5 Å². The minimum atomic E-state index is 0.0821. The topological polar surface area (TPSA) is 53.9 Å². The zero-order chi connectivity index (χ0) is 13.1. The number of allylic oxidation sites excluding steroid dienone is 1. The van der Waals surface area contributed by atoms with Gasteiger partial charge >= 0.3 is 0 Å². The van der Waals surface area contributed by atoms with E-state index in [1.165, 1.54) is 0 Å². The summed E-state index contributed by atoms with van der Waals surface area (Å²) in [6.45, 7) is 1.21. The van der Waals surface area contributed by atoms with Crippen molar-refractivity contribution in [1.29, 1.82) is 0 Å². The fourth-order valence-corrected chi connectivity index (χ4v) is 2.19. The first kappa shape index (κ1) is 11.8. The third-order valence-electron chi connectivity index (χ3n) is 3.14. The van der Waals surface area contributed by atoms with Crippen LogP contribution in [0.3, 0.4) is 0 Å². The second kappa shape index (κ2) is 5.14. The molecule has 2 aliphatic rings. The lowest BCUT2D eigenvalue weighted by atomic mass is 10.1. The van der Waals surface area contributed by atoms with Gasteiger partial charge in [0, 0.05) is 13.0 Å². The number of hydrogen-bond donors (Lipinski definition) is 1. The molecule has 5 nitrogen and oxygen atoms in total. The lowest BCUT2D eigenvalue weighted by Gasteiger charge is -2.32. The maximum Gasteiger partial charge on any atom is 0.245 e. The number of nitrogens with one attached hydrogen (secondary N) is 1. The molecule has 98 valence electrons. The molecule has 1 aromatic rings. The Morgan fingerprint density at radius 1 is 1.32 bits per heavy atom. The molecule has 0 bridgehead atoms. The number of ether oxygens (including phenoxy) is 1. The van der Waals surface area contributed by atoms with Crippen LogP contribution >= 0.6 is 0 Å². The number of carbonyl (C=O) groups excluding carboxylic acids is 1. The Kier molecular flexibility index (Phi) is 3.18. The van der Waals surface area contributed by atoms with Crippen molar-refractivity contribution in [3.8, 4) is 0 Å². The molecule has 0 amide bonds. The summed E-state index contributed by atoms with van der Waals surface area (Å²) in [5.74, 6) is 0.492. The highest BCUT2D eigenvalue weighted by atomic mass is 16.5. The summed E-state index contributed by atoms with van der Waals surface area (Å²) in [6, 6.07) is 9.84. The normalized spacial score (nSPS) is 18.1. The maximum absolute atomic E-state index is 12.0. The third kappa shape index (κ3) is 2.45. The van der Waals surface area contributed by atoms with Gasteiger partial charge in [0.05, 0.1) is 0 Å². The standard InChI is InChI=1S/C14H15N3O2/c18-12-7-4-8-17-13(12)14(15-10-16-17)19-9-11-5-2-1-3-6-11/h1-3,5-6,10H,4,7-9H2,(H,15,16). The molecule has 2 heterocycles. The molecule has 1 saturated heterocycles. The molecule has 0 spiro atoms. The number of ketones is 1. The molecule has 0 aromatic heterocycles. The predicted octanol–water partition coefficient (Wildman–Crippen LogP) is 1.58. The van der Waals surface area contributed by atoms with Crippen LogP contribution in [-0.4, -0.2) is 23.7 Å². The first-order valence-corrected chi connectivity index (χ1v) is 6.35. The third-order valence-corrected chi connectivity index (χ3v) is 3.14. The van der Waals surface area contributed by atoms with E-state index in [-0.39, 0.29) is 5.78 Å². The summed E-state index contributed by atoms with van der Waals surface area (Å²) in [6.07, 6.45) is 2.97. The second-order valence-electron chi connectivity index (χ2n) is 4.49. The Bertz CT molecular complexity index is 537. The van der Waals surface area contributed by atoms with Crippen molar-refractivity contribution in [1.82, 2.24) is 10.4 Å². The summed E-state index contributed by atoms with van der Waals surface area (Å²) < 4.78 is 5.69. The molecule has 0 atom stereocenters. The minimum absolute atomic E-state index is 0.0821. The van der Waals surface area contributed by atoms with Gasteiger partial charge in [0.2, 0.25) is 5.88 Å². The largest absolute Gasteiger partial charge is 0.471 e. The van der Waals surface area contributed by atoms with Crippen molar-refractivity contribution in [2.75, 3.05) is 6.54 Å². The highest BCUT2D eigenvalue weighted by molar-refractivity contribution is 5.96. The van der Waals surface area contributed by atoms with Gasteiger partial charge in [-0.25, -0.2) is 4.99 Å². The van der Waals surface area contributed by atoms with E-state index >= 15 is 0 Å². The lowest BCUT2D eigenvalue weighted by molar-refractivity contribution is -0.119. The fourth-order valence-electron chi connectivity index (χ4n) is 2.19. The van der Waals surface area contributed by atoms with Gasteiger partial charge in [0.25, 0.3) is 0 Å². The van der Waals surface area contributed by atoms with Gasteiger partial charge < -0.3 is 4.74 Å². The van der Waals surface area contributed by atoms with Gasteiger partial charge in [0.1, 0.15) is 12.9 Å². The van der Waals surface area contributed by atoms with Crippen molar-refractivity contribution >= 4 is 12.1 Å². The Morgan fingerprint density at radius 3 is 3.00 bits per heavy atom. The van der Waals surface area contributed by atoms with Crippen LogP contribution in [0.2, 0.25) is 0 Å². The van der Waals surface area contributed by atoms with E-state index in [0.717, 1.165) is 18.5 Å². The molecule has 1 fully saturated rings. The number of piperidine rings is 1. The van der Waals surface area contributed by atoms with E-state index in [1.54, 1.807) is 11.3 Å². The van der Waals surface area contributed by atoms with Crippen LogP contribution in [0.25, 0.3) is 0 Å². The SMILES string of the molecule is O=C1CCCN2NC=NC(OCc3ccccc3)=C12. The quantitative estimate of drug-likeness (QED) is 0.893. The number of Topliss-reactive ketones (excluding diaryl/α,β-unsaturated/α-hetero) is 1. The average molecular weight is 257 g/mol. The highest BCUT2D eigenvalue weighted by Crippen LogP contribution is 2.22. The average Bonchev–Trinajstić information content (AvgIpc) is 2.46. The van der Waals surface area contributed by atoms with Gasteiger partial charge in [-0.2, -0.15) is 0 Å². The van der Waals surface area contributed by atoms with E-state index < -0.39 is 0 Å². The molecule has 5 heteroatoms. The summed E-state index contributed by atoms with van der Waals surface area (Å²) in [7, 11) is 0. The number of aliphatic imine (C=N–C) groups is 1. The summed E-state index contributed by atoms with van der Waals surface area (Å²) in [5.41, 5.74) is 4.56. The summed E-state index contributed by atoms with van der Waals surface area (Å²) in [4.78, 5) is 16.1. The summed E-state index contributed by atoms with van der Waals surface area (Å²) in [5, 5.41) is 1.80. The molecular weight excluding hydrogens is 242 g/mol. The Hall–Kier alpha value is -2.30. The first-order chi connectivity index (χ1) is 9.34. The van der Waals surface area contributed by atoms with E-state index in [2.05, 4.69) is 10.4 Å². The number of hydrogen-bond acceptors (Lipinski definition) is 5. The van der Waals surface area contributed by atoms with Crippen molar-refractivity contribution in [2.45, 2.75) is 19.4 Å². The van der Waals surface area contributed by atoms with E-state index in [4.69, 9.17) is 4.74 Å². The van der Waals surface area contributed by atoms with Crippen molar-refractivity contribution < 1.29 is 9.53 Å². The lowest BCUT2D eigenvalue weighted by Crippen LogP contribution is -2.45. The Balaban J connectivity index is 1.78. The van der Waals surface area contributed by atoms with Crippen LogP contribution in [0.5, 0.6) is 0 Å². The van der Waals surface area contributed by atoms with Gasteiger partial charge in [-0.1, -0.05) is 30.3 Å². The highest BCUT2D eigenvalue weighted by Gasteiger charge is 2.29. The van der Waals surface area contributed by atoms with E-state index in [1.807, 2.05) is 30.3 Å². The number of nitrogens with zero attached hydrogens (tertiary/aromatic N) is 2. The van der Waals surface area contributed by atoms with Crippen molar-refractivity contribution in [3.63, 3.8) is 0 Å². The monoisotopic (exact) mass is 257 g/mol. The maximum atomic E-state index is 12.0. The first-order valence-electron chi connectivity index (χ1n) is 6.35. The molecule has 1 N–H and O–H groups in total. The minimum Gasteiger partial charge on any atom is -0.471 e. The molecule has 2 aliphatic heterocycles. The van der Waals surface area contributed by atoms with Crippen LogP contribution in [0.1, 0.15) is 18.4 Å². The molecule has 0 saturated carbocycles. The number of carbonyl (C=O) groups is 1. The molecule has 1 aromatic carbocycles. The molecular formula is C14H15N3O2.